The lowest BCUT2D eigenvalue weighted by Crippen LogP contribution is -2.32. The van der Waals surface area contributed by atoms with Gasteiger partial charge in [-0.3, -0.25) is 0 Å². The van der Waals surface area contributed by atoms with Crippen LogP contribution in [-0.2, 0) is 4.57 Å². The summed E-state index contributed by atoms with van der Waals surface area (Å²) in [6.07, 6.45) is 4.12. The van der Waals surface area contributed by atoms with Crippen molar-refractivity contribution in [2.24, 2.45) is 0 Å². The van der Waals surface area contributed by atoms with Crippen molar-refractivity contribution < 1.29 is 4.57 Å². The summed E-state index contributed by atoms with van der Waals surface area (Å²) in [4.78, 5) is 2.51. The zero-order valence-electron chi connectivity index (χ0n) is 16.2. The van der Waals surface area contributed by atoms with Crippen LogP contribution in [0.25, 0.3) is 0 Å². The van der Waals surface area contributed by atoms with Gasteiger partial charge in [0.1, 0.15) is 7.14 Å². The van der Waals surface area contributed by atoms with Crippen LogP contribution in [0, 0.1) is 0 Å². The molecular formula is C21H31NOP2S. The third kappa shape index (κ3) is 7.20. The summed E-state index contributed by atoms with van der Waals surface area (Å²) in [5.74, 6) is 1.13. The molecule has 0 aromatic heterocycles. The molecule has 0 heterocycles. The Hall–Kier alpha value is -0.590. The highest BCUT2D eigenvalue weighted by Crippen LogP contribution is 2.39. The maximum absolute atomic E-state index is 13.1. The Kier molecular flexibility index (Phi) is 9.43. The third-order valence-corrected chi connectivity index (χ3v) is 9.79. The molecule has 0 saturated carbocycles. The molecule has 2 aromatic carbocycles. The zero-order chi connectivity index (χ0) is 18.8. The van der Waals surface area contributed by atoms with Crippen LogP contribution >= 0.6 is 26.8 Å². The van der Waals surface area contributed by atoms with Crippen LogP contribution in [0.15, 0.2) is 60.7 Å². The van der Waals surface area contributed by atoms with Crippen molar-refractivity contribution in [1.82, 2.24) is 4.90 Å². The molecule has 0 radical (unpaired) electrons. The second kappa shape index (κ2) is 11.3. The zero-order valence-corrected chi connectivity index (χ0v) is 18.8. The molecule has 2 nitrogen and oxygen atoms in total. The van der Waals surface area contributed by atoms with E-state index in [0.717, 1.165) is 36.9 Å². The highest BCUT2D eigenvalue weighted by molar-refractivity contribution is 7.98. The van der Waals surface area contributed by atoms with Gasteiger partial charge in [0.05, 0.1) is 0 Å². The second-order valence-electron chi connectivity index (χ2n) is 6.75. The molecule has 2 aromatic rings. The molecule has 2 atom stereocenters. The fraction of sp³-hybridized carbons (Fsp3) is 0.429. The quantitative estimate of drug-likeness (QED) is 0.515. The molecule has 5 heteroatoms. The molecule has 0 bridgehead atoms. The summed E-state index contributed by atoms with van der Waals surface area (Å²) in [5, 5.41) is 2.48. The molecule has 0 aliphatic carbocycles. The minimum absolute atomic E-state index is 0.123. The Bertz CT molecular complexity index is 681. The van der Waals surface area contributed by atoms with Gasteiger partial charge < -0.3 is 9.46 Å². The number of hydrogen-bond acceptors (Lipinski definition) is 3. The molecule has 2 rings (SSSR count). The van der Waals surface area contributed by atoms with Gasteiger partial charge in [0.15, 0.2) is 0 Å². The van der Waals surface area contributed by atoms with Gasteiger partial charge in [-0.15, -0.1) is 0 Å². The first kappa shape index (κ1) is 21.7. The molecule has 0 saturated heterocycles. The first-order chi connectivity index (χ1) is 12.5. The maximum Gasteiger partial charge on any atom is 0.113 e. The van der Waals surface area contributed by atoms with Crippen molar-refractivity contribution in [3.63, 3.8) is 0 Å². The summed E-state index contributed by atoms with van der Waals surface area (Å²) in [6, 6.07) is 20.8. The SMILES string of the molecule is CSCCN(CCP(C)c1ccccc1)CCP(C)(=O)c1ccccc1. The molecule has 0 spiro atoms. The minimum Gasteiger partial charge on any atom is -0.319 e. The van der Waals surface area contributed by atoms with Crippen molar-refractivity contribution in [2.45, 2.75) is 0 Å². The van der Waals surface area contributed by atoms with Crippen molar-refractivity contribution in [3.05, 3.63) is 60.7 Å². The van der Waals surface area contributed by atoms with Crippen LogP contribution in [0.4, 0.5) is 0 Å². The summed E-state index contributed by atoms with van der Waals surface area (Å²) in [6.45, 7) is 7.39. The van der Waals surface area contributed by atoms with E-state index in [1.165, 1.54) is 11.5 Å². The van der Waals surface area contributed by atoms with E-state index in [2.05, 4.69) is 48.2 Å². The average molecular weight is 408 g/mol. The number of hydrogen-bond donors (Lipinski definition) is 0. The Morgan fingerprint density at radius 2 is 1.58 bits per heavy atom. The molecule has 142 valence electrons. The highest BCUT2D eigenvalue weighted by Gasteiger charge is 2.19. The summed E-state index contributed by atoms with van der Waals surface area (Å²) in [5.41, 5.74) is 0. The number of rotatable bonds is 11. The molecule has 0 fully saturated rings. The van der Waals surface area contributed by atoms with Crippen molar-refractivity contribution in [3.8, 4) is 0 Å². The van der Waals surface area contributed by atoms with Crippen molar-refractivity contribution in [1.29, 1.82) is 0 Å². The fourth-order valence-electron chi connectivity index (χ4n) is 2.86. The third-order valence-electron chi connectivity index (χ3n) is 4.71. The molecule has 0 amide bonds. The van der Waals surface area contributed by atoms with Gasteiger partial charge in [-0.1, -0.05) is 68.6 Å². The van der Waals surface area contributed by atoms with Crippen LogP contribution < -0.4 is 10.6 Å². The minimum atomic E-state index is -2.28. The summed E-state index contributed by atoms with van der Waals surface area (Å²) in [7, 11) is -2.40. The smallest absolute Gasteiger partial charge is 0.113 e. The van der Waals surface area contributed by atoms with Gasteiger partial charge in [0.25, 0.3) is 0 Å². The maximum atomic E-state index is 13.1. The van der Waals surface area contributed by atoms with E-state index >= 15 is 0 Å². The van der Waals surface area contributed by atoms with Crippen molar-refractivity contribution >= 4 is 37.4 Å². The molecule has 2 unspecified atom stereocenters. The van der Waals surface area contributed by atoms with Crippen LogP contribution in [0.5, 0.6) is 0 Å². The van der Waals surface area contributed by atoms with E-state index in [9.17, 15) is 4.57 Å². The predicted octanol–water partition coefficient (Wildman–Crippen LogP) is 4.41. The Labute approximate surface area is 164 Å². The monoisotopic (exact) mass is 407 g/mol. The van der Waals surface area contributed by atoms with Crippen LogP contribution in [0.2, 0.25) is 0 Å². The molecule has 0 aliphatic rings. The predicted molar refractivity (Wildman–Crippen MR) is 123 cm³/mol. The molecule has 26 heavy (non-hydrogen) atoms. The van der Waals surface area contributed by atoms with Crippen molar-refractivity contribution in [2.75, 3.05) is 57.3 Å². The van der Waals surface area contributed by atoms with Crippen LogP contribution in [0.3, 0.4) is 0 Å². The number of thioether (sulfide) groups is 1. The van der Waals surface area contributed by atoms with E-state index in [0.29, 0.717) is 0 Å². The van der Waals surface area contributed by atoms with Gasteiger partial charge in [-0.2, -0.15) is 11.8 Å². The lowest BCUT2D eigenvalue weighted by Gasteiger charge is -2.25. The normalized spacial score (nSPS) is 14.9. The second-order valence-corrected chi connectivity index (χ2v) is 13.3. The van der Waals surface area contributed by atoms with E-state index in [1.54, 1.807) is 0 Å². The Balaban J connectivity index is 1.91. The highest BCUT2D eigenvalue weighted by atomic mass is 32.2. The van der Waals surface area contributed by atoms with E-state index in [1.807, 2.05) is 48.8 Å². The largest absolute Gasteiger partial charge is 0.319 e. The molecule has 0 aliphatic heterocycles. The average Bonchev–Trinajstić information content (AvgIpc) is 2.68. The van der Waals surface area contributed by atoms with Crippen LogP contribution in [0.1, 0.15) is 0 Å². The first-order valence-electron chi connectivity index (χ1n) is 9.12. The van der Waals surface area contributed by atoms with Gasteiger partial charge >= 0.3 is 0 Å². The summed E-state index contributed by atoms with van der Waals surface area (Å²) < 4.78 is 13.1. The van der Waals surface area contributed by atoms with E-state index in [4.69, 9.17) is 0 Å². The van der Waals surface area contributed by atoms with Gasteiger partial charge in [0.2, 0.25) is 0 Å². The topological polar surface area (TPSA) is 20.3 Å². The number of benzene rings is 2. The fourth-order valence-corrected chi connectivity index (χ4v) is 6.55. The lowest BCUT2D eigenvalue weighted by atomic mass is 10.4. The Morgan fingerprint density at radius 3 is 2.19 bits per heavy atom. The molecular weight excluding hydrogens is 376 g/mol. The van der Waals surface area contributed by atoms with Gasteiger partial charge in [-0.25, -0.2) is 0 Å². The summed E-state index contributed by atoms with van der Waals surface area (Å²) >= 11 is 1.88. The van der Waals surface area contributed by atoms with Crippen LogP contribution in [-0.4, -0.2) is 62.2 Å². The first-order valence-corrected chi connectivity index (χ1v) is 14.8. The standard InChI is InChI=1S/C21H31NOP2S/c1-24(20-10-6-4-7-11-20)17-14-22(16-19-26-3)15-18-25(2,23)21-12-8-5-9-13-21/h4-13H,14-19H2,1-3H3. The van der Waals surface area contributed by atoms with E-state index in [-0.39, 0.29) is 7.92 Å². The van der Waals surface area contributed by atoms with E-state index < -0.39 is 7.14 Å². The molecule has 0 N–H and O–H groups in total. The lowest BCUT2D eigenvalue weighted by molar-refractivity contribution is 0.327. The van der Waals surface area contributed by atoms with Gasteiger partial charge in [-0.05, 0) is 31.1 Å². The number of nitrogens with zero attached hydrogens (tertiary/aromatic N) is 1. The van der Waals surface area contributed by atoms with Gasteiger partial charge in [0, 0.05) is 36.9 Å². The Morgan fingerprint density at radius 1 is 0.962 bits per heavy atom.